The Hall–Kier alpha value is -2.63. The van der Waals surface area contributed by atoms with E-state index in [0.29, 0.717) is 5.56 Å². The zero-order chi connectivity index (χ0) is 26.3. The Morgan fingerprint density at radius 3 is 2.64 bits per heavy atom. The number of nitrogens with zero attached hydrogens (tertiary/aromatic N) is 2. The van der Waals surface area contributed by atoms with Crippen LogP contribution in [0.1, 0.15) is 12.0 Å². The molecule has 0 aliphatic carbocycles. The molecule has 10 nitrogen and oxygen atoms in total. The first-order valence-electron chi connectivity index (χ1n) is 10.8. The topological polar surface area (TPSA) is 141 Å². The first-order valence-corrected chi connectivity index (χ1v) is 12.7. The van der Waals surface area contributed by atoms with Crippen molar-refractivity contribution in [3.63, 3.8) is 0 Å². The Balaban J connectivity index is 1.66. The summed E-state index contributed by atoms with van der Waals surface area (Å²) in [7, 11) is -3.13. The number of fused-ring (bicyclic) bond motifs is 1. The van der Waals surface area contributed by atoms with E-state index in [1.807, 2.05) is 24.3 Å². The van der Waals surface area contributed by atoms with Gasteiger partial charge in [0.15, 0.2) is 0 Å². The lowest BCUT2D eigenvalue weighted by molar-refractivity contribution is 0.0363. The Kier molecular flexibility index (Phi) is 9.75. The van der Waals surface area contributed by atoms with Crippen LogP contribution in [0.3, 0.4) is 0 Å². The number of phosphoric acid groups is 1. The minimum Gasteiger partial charge on any atom is -0.448 e. The number of benzene rings is 2. The minimum absolute atomic E-state index is 0.0606. The zero-order valence-corrected chi connectivity index (χ0v) is 20.9. The van der Waals surface area contributed by atoms with Crippen molar-refractivity contribution >= 4 is 42.1 Å². The van der Waals surface area contributed by atoms with Crippen LogP contribution in [0.25, 0.3) is 10.8 Å². The van der Waals surface area contributed by atoms with Crippen molar-refractivity contribution in [1.82, 2.24) is 9.88 Å². The molecule has 0 bridgehead atoms. The standard InChI is InChI=1S/C23H26ClFN3O7P/c1-28(12-17-7-4-8-20(25)22(17)24)18(10-19(29)14-35-36(31,32)33)13-34-23(30)27-21-9-15-5-2-3-6-16(15)11-26-21/h2-9,11,18-19,29H,10,12-14H2,1H3,(H,26,27,30)(H2,31,32,33)/t18-,19+/m0/s1. The van der Waals surface area contributed by atoms with Gasteiger partial charge in [0.05, 0.1) is 17.7 Å². The number of aliphatic hydroxyl groups excluding tert-OH is 1. The number of likely N-dealkylation sites (N-methyl/N-ethyl adjacent to an activating group) is 1. The van der Waals surface area contributed by atoms with Gasteiger partial charge >= 0.3 is 13.9 Å². The summed E-state index contributed by atoms with van der Waals surface area (Å²) < 4.78 is 34.5. The third-order valence-corrected chi connectivity index (χ3v) is 6.23. The first kappa shape index (κ1) is 27.9. The Labute approximate surface area is 211 Å². The highest BCUT2D eigenvalue weighted by Crippen LogP contribution is 2.36. The molecule has 0 saturated carbocycles. The lowest BCUT2D eigenvalue weighted by atomic mass is 10.1. The lowest BCUT2D eigenvalue weighted by Gasteiger charge is -2.29. The number of carbonyl (C=O) groups is 1. The smallest absolute Gasteiger partial charge is 0.448 e. The normalized spacial score (nSPS) is 13.5. The highest BCUT2D eigenvalue weighted by Gasteiger charge is 2.25. The lowest BCUT2D eigenvalue weighted by Crippen LogP contribution is -2.40. The van der Waals surface area contributed by atoms with Crippen LogP contribution in [0, 0.1) is 5.82 Å². The predicted molar refractivity (Wildman–Crippen MR) is 132 cm³/mol. The van der Waals surface area contributed by atoms with Crippen molar-refractivity contribution in [3.05, 3.63) is 71.1 Å². The first-order chi connectivity index (χ1) is 17.0. The SMILES string of the molecule is CN(Cc1cccc(F)c1Cl)[C@H](COC(=O)Nc1cc2ccccc2cn1)C[C@@H](O)COP(=O)(O)O. The summed E-state index contributed by atoms with van der Waals surface area (Å²) in [6.45, 7) is -0.705. The Morgan fingerprint density at radius 1 is 1.19 bits per heavy atom. The van der Waals surface area contributed by atoms with Gasteiger partial charge in [0.2, 0.25) is 0 Å². The van der Waals surface area contributed by atoms with E-state index in [-0.39, 0.29) is 30.4 Å². The molecule has 194 valence electrons. The second-order valence-electron chi connectivity index (χ2n) is 8.10. The fourth-order valence-electron chi connectivity index (χ4n) is 3.47. The van der Waals surface area contributed by atoms with Gasteiger partial charge in [-0.15, -0.1) is 0 Å². The summed E-state index contributed by atoms with van der Waals surface area (Å²) in [5.41, 5.74) is 0.468. The second-order valence-corrected chi connectivity index (χ2v) is 9.72. The summed E-state index contributed by atoms with van der Waals surface area (Å²) in [5, 5.41) is 14.5. The molecule has 0 unspecified atom stereocenters. The number of nitrogens with one attached hydrogen (secondary N) is 1. The molecule has 0 fully saturated rings. The maximum absolute atomic E-state index is 13.8. The van der Waals surface area contributed by atoms with E-state index in [0.717, 1.165) is 10.8 Å². The van der Waals surface area contributed by atoms with Gasteiger partial charge < -0.3 is 19.6 Å². The van der Waals surface area contributed by atoms with E-state index in [1.165, 1.54) is 12.1 Å². The third-order valence-electron chi connectivity index (χ3n) is 5.32. The molecule has 1 aromatic heterocycles. The highest BCUT2D eigenvalue weighted by atomic mass is 35.5. The number of amides is 1. The molecular weight excluding hydrogens is 516 g/mol. The van der Waals surface area contributed by atoms with Gasteiger partial charge in [0.25, 0.3) is 0 Å². The number of aliphatic hydroxyl groups is 1. The minimum atomic E-state index is -4.78. The molecule has 13 heteroatoms. The van der Waals surface area contributed by atoms with Gasteiger partial charge in [-0.25, -0.2) is 18.7 Å². The molecule has 0 aliphatic heterocycles. The van der Waals surface area contributed by atoms with Gasteiger partial charge in [-0.05, 0) is 36.6 Å². The van der Waals surface area contributed by atoms with Crippen LogP contribution in [-0.2, 0) is 20.4 Å². The fourth-order valence-corrected chi connectivity index (χ4v) is 4.03. The van der Waals surface area contributed by atoms with E-state index in [9.17, 15) is 18.9 Å². The van der Waals surface area contributed by atoms with E-state index < -0.39 is 38.5 Å². The molecule has 0 aliphatic rings. The van der Waals surface area contributed by atoms with Gasteiger partial charge in [0.1, 0.15) is 18.2 Å². The molecule has 0 radical (unpaired) electrons. The van der Waals surface area contributed by atoms with Crippen LogP contribution in [0.2, 0.25) is 5.02 Å². The summed E-state index contributed by atoms with van der Waals surface area (Å²) in [6, 6.07) is 12.9. The van der Waals surface area contributed by atoms with Crippen LogP contribution in [0.5, 0.6) is 0 Å². The van der Waals surface area contributed by atoms with Crippen LogP contribution < -0.4 is 5.32 Å². The van der Waals surface area contributed by atoms with Crippen molar-refractivity contribution in [3.8, 4) is 0 Å². The van der Waals surface area contributed by atoms with Crippen LogP contribution in [-0.4, -0.2) is 63.3 Å². The van der Waals surface area contributed by atoms with Crippen molar-refractivity contribution in [2.45, 2.75) is 25.1 Å². The molecule has 1 heterocycles. The molecule has 0 saturated heterocycles. The number of ether oxygens (including phenoxy) is 1. The molecule has 2 atom stereocenters. The summed E-state index contributed by atoms with van der Waals surface area (Å²) in [4.78, 5) is 36.0. The highest BCUT2D eigenvalue weighted by molar-refractivity contribution is 7.46. The van der Waals surface area contributed by atoms with Crippen LogP contribution in [0.4, 0.5) is 15.0 Å². The largest absolute Gasteiger partial charge is 0.469 e. The van der Waals surface area contributed by atoms with Crippen molar-refractivity contribution in [2.24, 2.45) is 0 Å². The number of pyridine rings is 1. The number of phosphoric ester groups is 1. The molecule has 3 aromatic rings. The van der Waals surface area contributed by atoms with E-state index in [4.69, 9.17) is 26.1 Å². The van der Waals surface area contributed by atoms with Gasteiger partial charge in [-0.2, -0.15) is 0 Å². The molecule has 1 amide bonds. The number of carbonyl (C=O) groups excluding carboxylic acids is 1. The van der Waals surface area contributed by atoms with Crippen LogP contribution in [0.15, 0.2) is 54.7 Å². The predicted octanol–water partition coefficient (Wildman–Crippen LogP) is 3.94. The number of hydrogen-bond donors (Lipinski definition) is 4. The van der Waals surface area contributed by atoms with Gasteiger partial charge in [-0.1, -0.05) is 48.0 Å². The third kappa shape index (κ3) is 8.49. The van der Waals surface area contributed by atoms with Crippen molar-refractivity contribution in [2.75, 3.05) is 25.6 Å². The average molecular weight is 542 g/mol. The molecule has 2 aromatic carbocycles. The fraction of sp³-hybridized carbons (Fsp3) is 0.304. The molecule has 36 heavy (non-hydrogen) atoms. The van der Waals surface area contributed by atoms with E-state index in [1.54, 1.807) is 30.3 Å². The number of anilines is 1. The number of aromatic nitrogens is 1. The second kappa shape index (κ2) is 12.6. The number of rotatable bonds is 11. The summed E-state index contributed by atoms with van der Waals surface area (Å²) in [5.74, 6) is -0.307. The Morgan fingerprint density at radius 2 is 1.92 bits per heavy atom. The van der Waals surface area contributed by atoms with E-state index in [2.05, 4.69) is 14.8 Å². The number of halogens is 2. The maximum atomic E-state index is 13.8. The summed E-state index contributed by atoms with van der Waals surface area (Å²) in [6.07, 6.45) is -0.546. The molecule has 4 N–H and O–H groups in total. The molecule has 0 spiro atoms. The van der Waals surface area contributed by atoms with E-state index >= 15 is 0 Å². The quantitative estimate of drug-likeness (QED) is 0.266. The van der Waals surface area contributed by atoms with Gasteiger partial charge in [0, 0.05) is 24.2 Å². The molecular formula is C23H26ClFN3O7P. The number of hydrogen-bond acceptors (Lipinski definition) is 7. The molecule has 3 rings (SSSR count). The van der Waals surface area contributed by atoms with Crippen molar-refractivity contribution < 1.29 is 37.9 Å². The van der Waals surface area contributed by atoms with Gasteiger partial charge in [-0.3, -0.25) is 14.7 Å². The monoisotopic (exact) mass is 541 g/mol. The van der Waals surface area contributed by atoms with Crippen molar-refractivity contribution in [1.29, 1.82) is 0 Å². The average Bonchev–Trinajstić information content (AvgIpc) is 2.82. The summed E-state index contributed by atoms with van der Waals surface area (Å²) >= 11 is 6.05. The van der Waals surface area contributed by atoms with Crippen LogP contribution >= 0.6 is 19.4 Å². The Bertz CT molecular complexity index is 1250. The maximum Gasteiger partial charge on any atom is 0.469 e. The zero-order valence-electron chi connectivity index (χ0n) is 19.3.